The van der Waals surface area contributed by atoms with Crippen molar-refractivity contribution in [3.63, 3.8) is 0 Å². The summed E-state index contributed by atoms with van der Waals surface area (Å²) in [6, 6.07) is 8.75. The van der Waals surface area contributed by atoms with Gasteiger partial charge in [0.2, 0.25) is 0 Å². The third kappa shape index (κ3) is 0.816. The van der Waals surface area contributed by atoms with Crippen LogP contribution in [0.3, 0.4) is 0 Å². The van der Waals surface area contributed by atoms with Crippen LogP contribution in [0.5, 0.6) is 0 Å². The smallest absolute Gasteiger partial charge is 0.0798 e. The van der Waals surface area contributed by atoms with Crippen LogP contribution in [0, 0.1) is 0 Å². The minimum absolute atomic E-state index is 0.752. The fourth-order valence-corrected chi connectivity index (χ4v) is 3.46. The van der Waals surface area contributed by atoms with Crippen LogP contribution in [-0.4, -0.2) is 11.9 Å². The van der Waals surface area contributed by atoms with Crippen molar-refractivity contribution in [2.75, 3.05) is 11.4 Å². The maximum absolute atomic E-state index is 2.54. The normalized spacial score (nSPS) is 25.7. The van der Waals surface area contributed by atoms with E-state index in [2.05, 4.69) is 29.2 Å². The zero-order chi connectivity index (χ0) is 7.97. The summed E-state index contributed by atoms with van der Waals surface area (Å²) in [5.74, 6) is 0. The second-order valence-corrected chi connectivity index (χ2v) is 4.60. The standard InChI is InChI=1S/C10H11NS/c1-2-5-9-8(4-1)11-7-3-6-10(11)12-9/h1-2,4-5,10H,3,6-7H2. The highest BCUT2D eigenvalue weighted by atomic mass is 32.2. The summed E-state index contributed by atoms with van der Waals surface area (Å²) in [5.41, 5.74) is 1.46. The molecule has 62 valence electrons. The molecular weight excluding hydrogens is 166 g/mol. The summed E-state index contributed by atoms with van der Waals surface area (Å²) in [4.78, 5) is 4.02. The van der Waals surface area contributed by atoms with E-state index in [-0.39, 0.29) is 0 Å². The van der Waals surface area contributed by atoms with Gasteiger partial charge in [-0.15, -0.1) is 0 Å². The van der Waals surface area contributed by atoms with Gasteiger partial charge in [0.1, 0.15) is 0 Å². The Morgan fingerprint density at radius 2 is 2.25 bits per heavy atom. The Bertz CT molecular complexity index is 310. The average molecular weight is 177 g/mol. The van der Waals surface area contributed by atoms with Crippen LogP contribution in [0.15, 0.2) is 29.2 Å². The Hall–Kier alpha value is -0.630. The highest BCUT2D eigenvalue weighted by Crippen LogP contribution is 2.47. The van der Waals surface area contributed by atoms with Crippen molar-refractivity contribution in [3.8, 4) is 0 Å². The first-order chi connectivity index (χ1) is 5.95. The van der Waals surface area contributed by atoms with E-state index in [1.165, 1.54) is 30.0 Å². The van der Waals surface area contributed by atoms with Gasteiger partial charge < -0.3 is 4.90 Å². The second-order valence-electron chi connectivity index (χ2n) is 3.38. The first-order valence-electron chi connectivity index (χ1n) is 4.47. The molecule has 0 N–H and O–H groups in total. The number of thioether (sulfide) groups is 1. The predicted octanol–water partition coefficient (Wildman–Crippen LogP) is 2.72. The number of para-hydroxylation sites is 1. The van der Waals surface area contributed by atoms with E-state index in [4.69, 9.17) is 0 Å². The lowest BCUT2D eigenvalue weighted by molar-refractivity contribution is 0.908. The van der Waals surface area contributed by atoms with Crippen LogP contribution >= 0.6 is 11.8 Å². The first kappa shape index (κ1) is 6.84. The summed E-state index contributed by atoms with van der Waals surface area (Å²) in [5, 5.41) is 0.752. The van der Waals surface area contributed by atoms with E-state index in [0.29, 0.717) is 0 Å². The summed E-state index contributed by atoms with van der Waals surface area (Å²) in [6.07, 6.45) is 2.73. The highest BCUT2D eigenvalue weighted by molar-refractivity contribution is 8.00. The van der Waals surface area contributed by atoms with E-state index in [1.54, 1.807) is 0 Å². The molecule has 0 radical (unpaired) electrons. The van der Waals surface area contributed by atoms with Crippen molar-refractivity contribution in [2.45, 2.75) is 23.1 Å². The Balaban J connectivity index is 2.09. The van der Waals surface area contributed by atoms with Crippen molar-refractivity contribution in [1.29, 1.82) is 0 Å². The molecule has 1 atom stereocenters. The van der Waals surface area contributed by atoms with E-state index in [0.717, 1.165) is 5.37 Å². The summed E-state index contributed by atoms with van der Waals surface area (Å²) < 4.78 is 0. The van der Waals surface area contributed by atoms with E-state index in [1.807, 2.05) is 11.8 Å². The molecule has 1 nitrogen and oxygen atoms in total. The van der Waals surface area contributed by atoms with E-state index >= 15 is 0 Å². The third-order valence-corrected chi connectivity index (χ3v) is 4.00. The largest absolute Gasteiger partial charge is 0.358 e. The SMILES string of the molecule is c1ccc2c(c1)SC1CCCN21. The number of nitrogens with zero attached hydrogens (tertiary/aromatic N) is 1. The Morgan fingerprint density at radius 3 is 3.25 bits per heavy atom. The third-order valence-electron chi connectivity index (χ3n) is 2.64. The molecular formula is C10H11NS. The van der Waals surface area contributed by atoms with E-state index in [9.17, 15) is 0 Å². The molecule has 0 bridgehead atoms. The van der Waals surface area contributed by atoms with Crippen LogP contribution in [0.2, 0.25) is 0 Å². The van der Waals surface area contributed by atoms with Gasteiger partial charge in [0, 0.05) is 11.4 Å². The maximum Gasteiger partial charge on any atom is 0.0798 e. The van der Waals surface area contributed by atoms with Gasteiger partial charge in [0.15, 0.2) is 0 Å². The number of hydrogen-bond acceptors (Lipinski definition) is 2. The van der Waals surface area contributed by atoms with Crippen molar-refractivity contribution >= 4 is 17.4 Å². The summed E-state index contributed by atoms with van der Waals surface area (Å²) in [6.45, 7) is 1.26. The Kier molecular flexibility index (Phi) is 1.38. The van der Waals surface area contributed by atoms with Gasteiger partial charge in [-0.3, -0.25) is 0 Å². The van der Waals surface area contributed by atoms with Crippen molar-refractivity contribution in [2.24, 2.45) is 0 Å². The average Bonchev–Trinajstić information content (AvgIpc) is 2.62. The maximum atomic E-state index is 2.54. The summed E-state index contributed by atoms with van der Waals surface area (Å²) in [7, 11) is 0. The van der Waals surface area contributed by atoms with Crippen LogP contribution in [0.25, 0.3) is 0 Å². The number of anilines is 1. The molecule has 1 aromatic carbocycles. The molecule has 2 heteroatoms. The number of fused-ring (bicyclic) bond motifs is 3. The Labute approximate surface area is 76.8 Å². The van der Waals surface area contributed by atoms with E-state index < -0.39 is 0 Å². The van der Waals surface area contributed by atoms with Gasteiger partial charge in [-0.1, -0.05) is 23.9 Å². The number of benzene rings is 1. The van der Waals surface area contributed by atoms with Crippen LogP contribution in [-0.2, 0) is 0 Å². The van der Waals surface area contributed by atoms with Crippen LogP contribution in [0.4, 0.5) is 5.69 Å². The van der Waals surface area contributed by atoms with Gasteiger partial charge >= 0.3 is 0 Å². The molecule has 2 heterocycles. The molecule has 0 aromatic heterocycles. The molecule has 2 aliphatic heterocycles. The lowest BCUT2D eigenvalue weighted by atomic mass is 10.3. The quantitative estimate of drug-likeness (QED) is 0.599. The zero-order valence-electron chi connectivity index (χ0n) is 6.86. The topological polar surface area (TPSA) is 3.24 Å². The van der Waals surface area contributed by atoms with Gasteiger partial charge in [-0.25, -0.2) is 0 Å². The first-order valence-corrected chi connectivity index (χ1v) is 5.35. The minimum Gasteiger partial charge on any atom is -0.358 e. The monoisotopic (exact) mass is 177 g/mol. The minimum atomic E-state index is 0.752. The fourth-order valence-electron chi connectivity index (χ4n) is 2.07. The molecule has 2 aliphatic rings. The highest BCUT2D eigenvalue weighted by Gasteiger charge is 2.32. The molecule has 0 spiro atoms. The predicted molar refractivity (Wildman–Crippen MR) is 52.7 cm³/mol. The van der Waals surface area contributed by atoms with Crippen LogP contribution in [0.1, 0.15) is 12.8 Å². The van der Waals surface area contributed by atoms with Crippen molar-refractivity contribution < 1.29 is 0 Å². The van der Waals surface area contributed by atoms with Crippen molar-refractivity contribution in [3.05, 3.63) is 24.3 Å². The molecule has 0 saturated carbocycles. The van der Waals surface area contributed by atoms with Gasteiger partial charge in [-0.2, -0.15) is 0 Å². The lowest BCUT2D eigenvalue weighted by Gasteiger charge is -2.16. The van der Waals surface area contributed by atoms with Crippen molar-refractivity contribution in [1.82, 2.24) is 0 Å². The zero-order valence-corrected chi connectivity index (χ0v) is 7.68. The Morgan fingerprint density at radius 1 is 1.33 bits per heavy atom. The molecule has 1 aromatic rings. The summed E-state index contributed by atoms with van der Waals surface area (Å²) >= 11 is 2.03. The number of rotatable bonds is 0. The van der Waals surface area contributed by atoms with Gasteiger partial charge in [0.05, 0.1) is 11.1 Å². The molecule has 0 aliphatic carbocycles. The molecule has 1 unspecified atom stereocenters. The molecule has 3 rings (SSSR count). The lowest BCUT2D eigenvalue weighted by Crippen LogP contribution is -2.21. The molecule has 0 amide bonds. The molecule has 1 fully saturated rings. The molecule has 1 saturated heterocycles. The van der Waals surface area contributed by atoms with Gasteiger partial charge in [-0.05, 0) is 25.0 Å². The number of hydrogen-bond donors (Lipinski definition) is 0. The second kappa shape index (κ2) is 2.43. The fraction of sp³-hybridized carbons (Fsp3) is 0.400. The van der Waals surface area contributed by atoms with Crippen LogP contribution < -0.4 is 4.90 Å². The van der Waals surface area contributed by atoms with Gasteiger partial charge in [0.25, 0.3) is 0 Å². The molecule has 12 heavy (non-hydrogen) atoms.